The zero-order valence-corrected chi connectivity index (χ0v) is 45.9. The summed E-state index contributed by atoms with van der Waals surface area (Å²) < 4.78 is 35.9. The molecule has 2 bridgehead atoms. The second kappa shape index (κ2) is 28.5. The van der Waals surface area contributed by atoms with Crippen LogP contribution in [0.2, 0.25) is 0 Å². The second-order valence-corrected chi connectivity index (χ2v) is 22.5. The van der Waals surface area contributed by atoms with E-state index in [1.54, 1.807) is 41.1 Å². The number of hydrogen-bond acceptors (Lipinski definition) is 15. The molecule has 3 aliphatic heterocycles. The molecule has 4 fully saturated rings. The molecular weight excluding hydrogens is 951 g/mol. The van der Waals surface area contributed by atoms with E-state index in [1.807, 2.05) is 58.1 Å². The van der Waals surface area contributed by atoms with Crippen LogP contribution in [-0.4, -0.2) is 144 Å². The molecule has 416 valence electrons. The monoisotopic (exact) mass is 1040 g/mol. The summed E-state index contributed by atoms with van der Waals surface area (Å²) in [6.45, 7) is 12.7. The molecule has 5 aliphatic rings. The minimum atomic E-state index is -2.45. The summed E-state index contributed by atoms with van der Waals surface area (Å²) >= 11 is 0. The van der Waals surface area contributed by atoms with Crippen LogP contribution >= 0.6 is 0 Å². The number of nitrogens with zero attached hydrogens (tertiary/aromatic N) is 1. The fourth-order valence-corrected chi connectivity index (χ4v) is 11.8. The molecule has 16 heteroatoms. The van der Waals surface area contributed by atoms with E-state index in [0.717, 1.165) is 5.57 Å². The number of amides is 1. The Bertz CT molecular complexity index is 2040. The number of hydrogen-bond donors (Lipinski definition) is 3. The lowest BCUT2D eigenvalue weighted by molar-refractivity contribution is -0.265. The zero-order chi connectivity index (χ0) is 54.4. The number of esters is 2. The molecule has 1 amide bonds. The molecule has 0 aromatic carbocycles. The highest BCUT2D eigenvalue weighted by Crippen LogP contribution is 2.39. The minimum absolute atomic E-state index is 0.00377. The number of cyclic esters (lactones) is 1. The van der Waals surface area contributed by atoms with Gasteiger partial charge in [-0.05, 0) is 133 Å². The average Bonchev–Trinajstić information content (AvgIpc) is 3.38. The Balaban J connectivity index is 1.43. The van der Waals surface area contributed by atoms with E-state index in [1.165, 1.54) is 12.0 Å². The Kier molecular flexibility index (Phi) is 23.5. The molecule has 3 N–H and O–H groups in total. The summed E-state index contributed by atoms with van der Waals surface area (Å²) in [6.07, 6.45) is 12.7. The number of piperidine rings is 1. The van der Waals surface area contributed by atoms with Gasteiger partial charge in [0.05, 0.1) is 30.3 Å². The Morgan fingerprint density at radius 3 is 2.20 bits per heavy atom. The number of aliphatic hydroxyl groups excluding tert-OH is 2. The van der Waals surface area contributed by atoms with Gasteiger partial charge in [-0.15, -0.1) is 0 Å². The van der Waals surface area contributed by atoms with Gasteiger partial charge in [-0.25, -0.2) is 4.79 Å². The van der Waals surface area contributed by atoms with Crippen molar-refractivity contribution in [1.82, 2.24) is 4.90 Å². The van der Waals surface area contributed by atoms with Gasteiger partial charge in [-0.1, -0.05) is 71.1 Å². The van der Waals surface area contributed by atoms with Crippen molar-refractivity contribution >= 4 is 35.2 Å². The van der Waals surface area contributed by atoms with Crippen LogP contribution in [0.5, 0.6) is 0 Å². The van der Waals surface area contributed by atoms with E-state index in [4.69, 9.17) is 28.4 Å². The van der Waals surface area contributed by atoms with Crippen molar-refractivity contribution in [2.45, 2.75) is 212 Å². The van der Waals surface area contributed by atoms with Crippen molar-refractivity contribution in [3.05, 3.63) is 47.6 Å². The number of ether oxygens (including phenoxy) is 6. The van der Waals surface area contributed by atoms with Gasteiger partial charge in [0.25, 0.3) is 11.7 Å². The van der Waals surface area contributed by atoms with Gasteiger partial charge >= 0.3 is 11.9 Å². The number of aliphatic hydroxyl groups is 3. The maximum absolute atomic E-state index is 14.6. The first-order valence-electron chi connectivity index (χ1n) is 27.5. The minimum Gasteiger partial charge on any atom is -0.460 e. The molecule has 16 nitrogen and oxygen atoms in total. The van der Waals surface area contributed by atoms with Crippen LogP contribution in [0.4, 0.5) is 0 Å². The van der Waals surface area contributed by atoms with Crippen LogP contribution in [0, 0.1) is 41.4 Å². The maximum atomic E-state index is 14.6. The smallest absolute Gasteiger partial charge is 0.329 e. The molecule has 15 atom stereocenters. The molecule has 0 aromatic rings. The molecule has 2 saturated carbocycles. The van der Waals surface area contributed by atoms with Gasteiger partial charge in [0.1, 0.15) is 36.2 Å². The van der Waals surface area contributed by atoms with Crippen molar-refractivity contribution in [1.29, 1.82) is 0 Å². The van der Waals surface area contributed by atoms with Crippen molar-refractivity contribution in [2.24, 2.45) is 41.4 Å². The van der Waals surface area contributed by atoms with Crippen molar-refractivity contribution in [3.63, 3.8) is 0 Å². The van der Waals surface area contributed by atoms with Crippen LogP contribution in [0.25, 0.3) is 0 Å². The Labute approximate surface area is 440 Å². The summed E-state index contributed by atoms with van der Waals surface area (Å²) in [5.74, 6) is -8.82. The third-order valence-electron chi connectivity index (χ3n) is 16.8. The second-order valence-electron chi connectivity index (χ2n) is 22.5. The van der Waals surface area contributed by atoms with E-state index in [0.29, 0.717) is 95.5 Å². The Hall–Kier alpha value is -3.90. The normalized spacial score (nSPS) is 40.1. The average molecular weight is 1040 g/mol. The predicted molar refractivity (Wildman–Crippen MR) is 277 cm³/mol. The highest BCUT2D eigenvalue weighted by Gasteiger charge is 2.53. The number of ketones is 3. The van der Waals surface area contributed by atoms with E-state index in [2.05, 4.69) is 0 Å². The quantitative estimate of drug-likeness (QED) is 0.123. The summed E-state index contributed by atoms with van der Waals surface area (Å²) in [6, 6.07) is -1.17. The number of allylic oxidation sites excluding steroid dienone is 6. The molecule has 5 rings (SSSR count). The number of carbonyl (C=O) groups is 6. The van der Waals surface area contributed by atoms with Gasteiger partial charge in [0.2, 0.25) is 5.79 Å². The number of methoxy groups -OCH3 is 3. The molecule has 2 saturated heterocycles. The zero-order valence-electron chi connectivity index (χ0n) is 45.9. The topological polar surface area (TPSA) is 222 Å². The van der Waals surface area contributed by atoms with Crippen molar-refractivity contribution < 1.29 is 72.5 Å². The summed E-state index contributed by atoms with van der Waals surface area (Å²) in [5, 5.41) is 33.5. The van der Waals surface area contributed by atoms with Crippen molar-refractivity contribution in [2.75, 3.05) is 27.9 Å². The number of carbonyl (C=O) groups excluding carboxylic acids is 6. The van der Waals surface area contributed by atoms with Gasteiger partial charge in [0, 0.05) is 58.5 Å². The largest absolute Gasteiger partial charge is 0.460 e. The fourth-order valence-electron chi connectivity index (χ4n) is 11.8. The molecule has 15 unspecified atom stereocenters. The third-order valence-corrected chi connectivity index (χ3v) is 16.8. The van der Waals surface area contributed by atoms with E-state index in [-0.39, 0.29) is 60.8 Å². The van der Waals surface area contributed by atoms with Crippen LogP contribution in [0.1, 0.15) is 151 Å². The van der Waals surface area contributed by atoms with Crippen molar-refractivity contribution in [3.8, 4) is 0 Å². The standard InChI is InChI=1S/C58H89NO15/c1-34-16-12-11-13-17-35(2)48(69-8)32-44-25-19-40(7)58(68,74-44)54(64)55(65)59-27-15-14-18-45(59)57(67)73-49(33-46(61)36(3)29-39(6)52(63)53(71-10)51(62)38(5)28-34)37(4)30-41-20-26-47(50(31-41)70-9)72-56(66)42-21-23-43(60)24-22-42/h11-13,16-17,29,34,36-38,40-45,47-50,52-53,60,63,68H,14-15,18-28,30-33H2,1-10H3/b13-11+,16-12+,35-17+,39-29+. The lowest BCUT2D eigenvalue weighted by Crippen LogP contribution is -2.61. The summed E-state index contributed by atoms with van der Waals surface area (Å²) in [4.78, 5) is 85.8. The highest BCUT2D eigenvalue weighted by molar-refractivity contribution is 6.39. The lowest BCUT2D eigenvalue weighted by atomic mass is 9.78. The van der Waals surface area contributed by atoms with E-state index < -0.39 is 95.9 Å². The van der Waals surface area contributed by atoms with Crippen LogP contribution in [0.3, 0.4) is 0 Å². The van der Waals surface area contributed by atoms with Crippen LogP contribution < -0.4 is 0 Å². The van der Waals surface area contributed by atoms with Crippen LogP contribution in [-0.2, 0) is 57.2 Å². The van der Waals surface area contributed by atoms with Crippen LogP contribution in [0.15, 0.2) is 47.6 Å². The molecule has 3 heterocycles. The SMILES string of the molecule is COC1CC2CCC(C)C(O)(O2)C(=O)C(=O)N2CCCCC2C(=O)OC(C(C)CC2CCC(OC(=O)C3CCC(O)CC3)C(OC)C2)CC(=O)C(C)/C=C(\C)C(O)C(OC)C(=O)C(C)CC(C)/C=C/C=C/C=C/1C. The first-order chi connectivity index (χ1) is 35.1. The highest BCUT2D eigenvalue weighted by atomic mass is 16.6. The Morgan fingerprint density at radius 1 is 0.811 bits per heavy atom. The predicted octanol–water partition coefficient (Wildman–Crippen LogP) is 7.28. The molecule has 0 radical (unpaired) electrons. The summed E-state index contributed by atoms with van der Waals surface area (Å²) in [7, 11) is 4.54. The van der Waals surface area contributed by atoms with E-state index in [9.17, 15) is 44.1 Å². The lowest BCUT2D eigenvalue weighted by Gasteiger charge is -2.42. The number of Topliss-reactive ketones (excluding diaryl/α,β-unsaturated/α-hetero) is 3. The first-order valence-corrected chi connectivity index (χ1v) is 27.5. The van der Waals surface area contributed by atoms with Gasteiger partial charge in [-0.2, -0.15) is 0 Å². The Morgan fingerprint density at radius 2 is 1.53 bits per heavy atom. The molecule has 0 spiro atoms. The maximum Gasteiger partial charge on any atom is 0.329 e. The molecule has 0 aromatic heterocycles. The molecule has 2 aliphatic carbocycles. The van der Waals surface area contributed by atoms with E-state index >= 15 is 0 Å². The number of fused-ring (bicyclic) bond motifs is 3. The van der Waals surface area contributed by atoms with Gasteiger partial charge in [0.15, 0.2) is 5.78 Å². The molecular formula is C58H89NO15. The summed E-state index contributed by atoms with van der Waals surface area (Å²) in [5.41, 5.74) is 1.24. The number of rotatable bonds is 8. The third kappa shape index (κ3) is 16.1. The van der Waals surface area contributed by atoms with Gasteiger partial charge in [-0.3, -0.25) is 24.0 Å². The van der Waals surface area contributed by atoms with Gasteiger partial charge < -0.3 is 48.6 Å². The first kappa shape index (κ1) is 61.0. The molecule has 74 heavy (non-hydrogen) atoms. The fraction of sp³-hybridized carbons (Fsp3) is 0.759.